The summed E-state index contributed by atoms with van der Waals surface area (Å²) in [5, 5.41) is 3.58. The maximum atomic E-state index is 3.58. The molecule has 0 aromatic rings. The number of likely N-dealkylation sites (N-methyl/N-ethyl adjacent to an activating group) is 1. The van der Waals surface area contributed by atoms with Crippen molar-refractivity contribution in [3.05, 3.63) is 0 Å². The first kappa shape index (κ1) is 13.0. The van der Waals surface area contributed by atoms with Crippen molar-refractivity contribution in [2.75, 3.05) is 26.2 Å². The highest BCUT2D eigenvalue weighted by Gasteiger charge is 2.17. The van der Waals surface area contributed by atoms with Crippen molar-refractivity contribution in [3.63, 3.8) is 0 Å². The highest BCUT2D eigenvalue weighted by molar-refractivity contribution is 4.78. The molecule has 2 nitrogen and oxygen atoms in total. The van der Waals surface area contributed by atoms with E-state index in [9.17, 15) is 0 Å². The van der Waals surface area contributed by atoms with Crippen LogP contribution in [-0.2, 0) is 0 Å². The Balaban J connectivity index is 2.21. The largest absolute Gasteiger partial charge is 0.313 e. The van der Waals surface area contributed by atoms with E-state index in [0.29, 0.717) is 0 Å². The summed E-state index contributed by atoms with van der Waals surface area (Å²) >= 11 is 0. The second kappa shape index (κ2) is 7.24. The van der Waals surface area contributed by atoms with Crippen LogP contribution in [0.2, 0.25) is 0 Å². The standard InChI is InChI=1S/C13H28N2/c1-4-7-12(3)10-15(5-2)11-13-8-6-9-14-13/h12-14H,4-11H2,1-3H3. The molecule has 1 saturated heterocycles. The maximum Gasteiger partial charge on any atom is 0.0195 e. The van der Waals surface area contributed by atoms with Gasteiger partial charge < -0.3 is 10.2 Å². The molecule has 1 aliphatic rings. The Morgan fingerprint density at radius 1 is 1.40 bits per heavy atom. The highest BCUT2D eigenvalue weighted by Crippen LogP contribution is 2.11. The predicted molar refractivity (Wildman–Crippen MR) is 67.2 cm³/mol. The van der Waals surface area contributed by atoms with E-state index in [1.165, 1.54) is 51.9 Å². The molecule has 1 N–H and O–H groups in total. The van der Waals surface area contributed by atoms with Gasteiger partial charge in [-0.3, -0.25) is 0 Å². The zero-order chi connectivity index (χ0) is 11.1. The summed E-state index contributed by atoms with van der Waals surface area (Å²) in [5.74, 6) is 0.858. The molecular formula is C13H28N2. The van der Waals surface area contributed by atoms with Crippen LogP contribution < -0.4 is 5.32 Å². The Bertz CT molecular complexity index is 153. The molecule has 90 valence electrons. The summed E-state index contributed by atoms with van der Waals surface area (Å²) < 4.78 is 0. The normalized spacial score (nSPS) is 23.6. The lowest BCUT2D eigenvalue weighted by atomic mass is 10.1. The topological polar surface area (TPSA) is 15.3 Å². The Morgan fingerprint density at radius 3 is 2.73 bits per heavy atom. The van der Waals surface area contributed by atoms with Crippen LogP contribution in [-0.4, -0.2) is 37.1 Å². The summed E-state index contributed by atoms with van der Waals surface area (Å²) in [6.07, 6.45) is 5.43. The van der Waals surface area contributed by atoms with Crippen molar-refractivity contribution >= 4 is 0 Å². The second-order valence-electron chi connectivity index (χ2n) is 5.04. The first-order valence-corrected chi connectivity index (χ1v) is 6.72. The highest BCUT2D eigenvalue weighted by atomic mass is 15.1. The molecule has 1 fully saturated rings. The van der Waals surface area contributed by atoms with Crippen LogP contribution >= 0.6 is 0 Å². The molecule has 0 spiro atoms. The van der Waals surface area contributed by atoms with Gasteiger partial charge in [-0.25, -0.2) is 0 Å². The fraction of sp³-hybridized carbons (Fsp3) is 1.00. The van der Waals surface area contributed by atoms with Crippen LogP contribution in [0.1, 0.15) is 46.5 Å². The molecule has 2 unspecified atom stereocenters. The van der Waals surface area contributed by atoms with E-state index in [-0.39, 0.29) is 0 Å². The van der Waals surface area contributed by atoms with Crippen molar-refractivity contribution in [2.45, 2.75) is 52.5 Å². The van der Waals surface area contributed by atoms with Crippen LogP contribution in [0.4, 0.5) is 0 Å². The van der Waals surface area contributed by atoms with Crippen LogP contribution in [0, 0.1) is 5.92 Å². The minimum atomic E-state index is 0.763. The van der Waals surface area contributed by atoms with Crippen molar-refractivity contribution < 1.29 is 0 Å². The molecule has 0 saturated carbocycles. The molecule has 0 amide bonds. The fourth-order valence-electron chi connectivity index (χ4n) is 2.58. The Morgan fingerprint density at radius 2 is 2.20 bits per heavy atom. The van der Waals surface area contributed by atoms with Crippen molar-refractivity contribution in [2.24, 2.45) is 5.92 Å². The third kappa shape index (κ3) is 4.98. The Hall–Kier alpha value is -0.0800. The second-order valence-corrected chi connectivity index (χ2v) is 5.04. The summed E-state index contributed by atoms with van der Waals surface area (Å²) in [7, 11) is 0. The van der Waals surface area contributed by atoms with Gasteiger partial charge in [0.25, 0.3) is 0 Å². The van der Waals surface area contributed by atoms with Crippen LogP contribution in [0.5, 0.6) is 0 Å². The third-order valence-corrected chi connectivity index (χ3v) is 3.44. The third-order valence-electron chi connectivity index (χ3n) is 3.44. The zero-order valence-electron chi connectivity index (χ0n) is 10.8. The minimum Gasteiger partial charge on any atom is -0.313 e. The molecule has 0 aromatic carbocycles. The number of nitrogens with one attached hydrogen (secondary N) is 1. The van der Waals surface area contributed by atoms with Gasteiger partial charge in [-0.1, -0.05) is 27.2 Å². The SMILES string of the molecule is CCCC(C)CN(CC)CC1CCCN1. The van der Waals surface area contributed by atoms with Gasteiger partial charge in [0.2, 0.25) is 0 Å². The van der Waals surface area contributed by atoms with Crippen LogP contribution in [0.15, 0.2) is 0 Å². The molecule has 15 heavy (non-hydrogen) atoms. The van der Waals surface area contributed by atoms with Crippen LogP contribution in [0.3, 0.4) is 0 Å². The quantitative estimate of drug-likeness (QED) is 0.697. The van der Waals surface area contributed by atoms with Crippen LogP contribution in [0.25, 0.3) is 0 Å². The van der Waals surface area contributed by atoms with Gasteiger partial charge in [0.1, 0.15) is 0 Å². The van der Waals surface area contributed by atoms with Gasteiger partial charge in [0, 0.05) is 19.1 Å². The monoisotopic (exact) mass is 212 g/mol. The first-order valence-electron chi connectivity index (χ1n) is 6.72. The van der Waals surface area contributed by atoms with E-state index < -0.39 is 0 Å². The molecule has 0 bridgehead atoms. The number of hydrogen-bond acceptors (Lipinski definition) is 2. The molecule has 0 aliphatic carbocycles. The van der Waals surface area contributed by atoms with E-state index in [4.69, 9.17) is 0 Å². The van der Waals surface area contributed by atoms with Gasteiger partial charge in [-0.15, -0.1) is 0 Å². The average Bonchev–Trinajstić information content (AvgIpc) is 2.70. The minimum absolute atomic E-state index is 0.763. The first-order chi connectivity index (χ1) is 7.26. The predicted octanol–water partition coefficient (Wildman–Crippen LogP) is 2.50. The summed E-state index contributed by atoms with van der Waals surface area (Å²) in [6, 6.07) is 0.763. The smallest absolute Gasteiger partial charge is 0.0195 e. The van der Waals surface area contributed by atoms with Gasteiger partial charge in [-0.2, -0.15) is 0 Å². The average molecular weight is 212 g/mol. The lowest BCUT2D eigenvalue weighted by Gasteiger charge is -2.27. The van der Waals surface area contributed by atoms with E-state index in [2.05, 4.69) is 31.0 Å². The molecule has 0 radical (unpaired) electrons. The summed E-state index contributed by atoms with van der Waals surface area (Å²) in [4.78, 5) is 2.61. The van der Waals surface area contributed by atoms with Gasteiger partial charge in [-0.05, 0) is 38.3 Å². The molecule has 1 rings (SSSR count). The molecule has 1 aliphatic heterocycles. The van der Waals surface area contributed by atoms with E-state index in [0.717, 1.165) is 12.0 Å². The number of rotatable bonds is 7. The summed E-state index contributed by atoms with van der Waals surface area (Å²) in [6.45, 7) is 11.9. The molecule has 1 heterocycles. The van der Waals surface area contributed by atoms with Crippen molar-refractivity contribution in [3.8, 4) is 0 Å². The lowest BCUT2D eigenvalue weighted by molar-refractivity contribution is 0.223. The van der Waals surface area contributed by atoms with Gasteiger partial charge in [0.15, 0.2) is 0 Å². The number of hydrogen-bond donors (Lipinski definition) is 1. The number of nitrogens with zero attached hydrogens (tertiary/aromatic N) is 1. The summed E-state index contributed by atoms with van der Waals surface area (Å²) in [5.41, 5.74) is 0. The lowest BCUT2D eigenvalue weighted by Crippen LogP contribution is -2.39. The van der Waals surface area contributed by atoms with Gasteiger partial charge >= 0.3 is 0 Å². The van der Waals surface area contributed by atoms with E-state index in [1.54, 1.807) is 0 Å². The molecule has 2 atom stereocenters. The fourth-order valence-corrected chi connectivity index (χ4v) is 2.58. The maximum absolute atomic E-state index is 3.58. The van der Waals surface area contributed by atoms with Gasteiger partial charge in [0.05, 0.1) is 0 Å². The van der Waals surface area contributed by atoms with E-state index >= 15 is 0 Å². The molecular weight excluding hydrogens is 184 g/mol. The Kier molecular flexibility index (Phi) is 6.26. The Labute approximate surface area is 95.4 Å². The van der Waals surface area contributed by atoms with Crippen molar-refractivity contribution in [1.82, 2.24) is 10.2 Å². The zero-order valence-corrected chi connectivity index (χ0v) is 10.8. The van der Waals surface area contributed by atoms with E-state index in [1.807, 2.05) is 0 Å². The molecule has 0 aromatic heterocycles. The van der Waals surface area contributed by atoms with Crippen molar-refractivity contribution in [1.29, 1.82) is 0 Å². The molecule has 2 heteroatoms.